The Hall–Kier alpha value is -2.54. The Balaban J connectivity index is 1.45. The molecule has 148 valence electrons. The molecule has 1 aliphatic carbocycles. The molecule has 1 fully saturated rings. The largest absolute Gasteiger partial charge is 0.367 e. The maximum Gasteiger partial charge on any atom is 0.236 e. The molecule has 2 aromatic rings. The van der Waals surface area contributed by atoms with E-state index in [1.54, 1.807) is 17.3 Å². The van der Waals surface area contributed by atoms with Gasteiger partial charge in [-0.25, -0.2) is 9.97 Å². The minimum Gasteiger partial charge on any atom is -0.367 e. The van der Waals surface area contributed by atoms with E-state index in [9.17, 15) is 4.79 Å². The lowest BCUT2D eigenvalue weighted by Crippen LogP contribution is -2.44. The summed E-state index contributed by atoms with van der Waals surface area (Å²) >= 11 is 0. The number of hydrogen-bond acceptors (Lipinski definition) is 6. The number of pyridine rings is 1. The summed E-state index contributed by atoms with van der Waals surface area (Å²) in [5.41, 5.74) is 3.46. The van der Waals surface area contributed by atoms with Crippen LogP contribution < -0.4 is 5.32 Å². The fraction of sp³-hybridized carbons (Fsp3) is 0.524. The lowest BCUT2D eigenvalue weighted by molar-refractivity contribution is -0.130. The second-order valence-corrected chi connectivity index (χ2v) is 7.89. The van der Waals surface area contributed by atoms with Gasteiger partial charge in [-0.05, 0) is 44.2 Å². The number of carbonyl (C=O) groups excluding carboxylic acids is 1. The van der Waals surface area contributed by atoms with Crippen LogP contribution in [0, 0.1) is 0 Å². The molecule has 7 nitrogen and oxygen atoms in total. The number of nitrogens with one attached hydrogen (secondary N) is 1. The highest BCUT2D eigenvalue weighted by Gasteiger charge is 2.25. The minimum absolute atomic E-state index is 0.169. The Morgan fingerprint density at radius 2 is 1.93 bits per heavy atom. The van der Waals surface area contributed by atoms with E-state index in [2.05, 4.69) is 15.2 Å². The van der Waals surface area contributed by atoms with Gasteiger partial charge < -0.3 is 10.2 Å². The summed E-state index contributed by atoms with van der Waals surface area (Å²) in [6.07, 6.45) is 8.81. The van der Waals surface area contributed by atoms with Gasteiger partial charge in [0.25, 0.3) is 0 Å². The van der Waals surface area contributed by atoms with Crippen LogP contribution >= 0.6 is 0 Å². The second kappa shape index (κ2) is 8.22. The smallest absolute Gasteiger partial charge is 0.236 e. The van der Waals surface area contributed by atoms with Crippen molar-refractivity contribution in [2.24, 2.45) is 0 Å². The molecule has 0 spiro atoms. The second-order valence-electron chi connectivity index (χ2n) is 7.89. The predicted molar refractivity (Wildman–Crippen MR) is 109 cm³/mol. The normalized spacial score (nSPS) is 17.4. The molecule has 0 unspecified atom stereocenters. The lowest BCUT2D eigenvalue weighted by atomic mass is 10.0. The van der Waals surface area contributed by atoms with Crippen molar-refractivity contribution in [2.75, 3.05) is 39.0 Å². The van der Waals surface area contributed by atoms with Crippen LogP contribution in [0.15, 0.2) is 24.5 Å². The summed E-state index contributed by atoms with van der Waals surface area (Å²) < 4.78 is 0. The lowest BCUT2D eigenvalue weighted by Gasteiger charge is -2.33. The average molecular weight is 380 g/mol. The third-order valence-electron chi connectivity index (χ3n) is 5.66. The van der Waals surface area contributed by atoms with E-state index in [0.29, 0.717) is 12.6 Å². The molecule has 1 N–H and O–H groups in total. The van der Waals surface area contributed by atoms with Crippen molar-refractivity contribution in [3.63, 3.8) is 0 Å². The number of likely N-dealkylation sites (tertiary alicyclic amines) is 1. The molecular formula is C21H28N6O. The first-order valence-corrected chi connectivity index (χ1v) is 10.1. The van der Waals surface area contributed by atoms with Crippen LogP contribution in [0.1, 0.15) is 30.5 Å². The van der Waals surface area contributed by atoms with Gasteiger partial charge in [-0.15, -0.1) is 0 Å². The van der Waals surface area contributed by atoms with E-state index in [1.807, 2.05) is 26.2 Å². The van der Waals surface area contributed by atoms with Crippen LogP contribution in [0.4, 0.5) is 5.82 Å². The molecule has 1 saturated heterocycles. The topological polar surface area (TPSA) is 74.2 Å². The highest BCUT2D eigenvalue weighted by Crippen LogP contribution is 2.30. The molecule has 0 atom stereocenters. The Labute approximate surface area is 166 Å². The zero-order chi connectivity index (χ0) is 19.5. The zero-order valence-electron chi connectivity index (χ0n) is 16.7. The van der Waals surface area contributed by atoms with Gasteiger partial charge >= 0.3 is 0 Å². The van der Waals surface area contributed by atoms with E-state index in [1.165, 1.54) is 11.3 Å². The fourth-order valence-corrected chi connectivity index (χ4v) is 3.94. The molecule has 28 heavy (non-hydrogen) atoms. The van der Waals surface area contributed by atoms with Crippen molar-refractivity contribution in [1.82, 2.24) is 24.8 Å². The number of nitrogens with zero attached hydrogens (tertiary/aromatic N) is 5. The summed E-state index contributed by atoms with van der Waals surface area (Å²) in [5, 5.41) is 3.70. The summed E-state index contributed by atoms with van der Waals surface area (Å²) in [7, 11) is 3.62. The summed E-state index contributed by atoms with van der Waals surface area (Å²) in [5.74, 6) is 1.94. The Kier molecular flexibility index (Phi) is 5.52. The molecule has 2 aromatic heterocycles. The molecule has 4 rings (SSSR count). The summed E-state index contributed by atoms with van der Waals surface area (Å²) in [6.45, 7) is 2.37. The highest BCUT2D eigenvalue weighted by atomic mass is 16.2. The van der Waals surface area contributed by atoms with Crippen LogP contribution in [0.25, 0.3) is 11.4 Å². The molecule has 0 aromatic carbocycles. The minimum atomic E-state index is 0.169. The first kappa shape index (κ1) is 18.8. The van der Waals surface area contributed by atoms with E-state index in [0.717, 1.165) is 62.4 Å². The number of piperidine rings is 1. The number of rotatable bonds is 5. The van der Waals surface area contributed by atoms with E-state index in [-0.39, 0.29) is 5.91 Å². The van der Waals surface area contributed by atoms with Gasteiger partial charge in [-0.1, -0.05) is 0 Å². The van der Waals surface area contributed by atoms with Crippen LogP contribution in [0.3, 0.4) is 0 Å². The molecule has 0 radical (unpaired) electrons. The zero-order valence-corrected chi connectivity index (χ0v) is 16.7. The number of hydrogen-bond donors (Lipinski definition) is 1. The highest BCUT2D eigenvalue weighted by molar-refractivity contribution is 5.77. The third kappa shape index (κ3) is 4.14. The van der Waals surface area contributed by atoms with Crippen molar-refractivity contribution < 1.29 is 4.79 Å². The molecule has 2 aliphatic rings. The molecular weight excluding hydrogens is 352 g/mol. The van der Waals surface area contributed by atoms with Crippen LogP contribution in [-0.4, -0.2) is 70.4 Å². The molecule has 0 bridgehead atoms. The monoisotopic (exact) mass is 380 g/mol. The van der Waals surface area contributed by atoms with Crippen molar-refractivity contribution in [2.45, 2.75) is 38.1 Å². The molecule has 1 amide bonds. The maximum absolute atomic E-state index is 11.9. The Bertz CT molecular complexity index is 830. The fourth-order valence-electron chi connectivity index (χ4n) is 3.94. The Morgan fingerprint density at radius 3 is 2.64 bits per heavy atom. The van der Waals surface area contributed by atoms with E-state index in [4.69, 9.17) is 9.97 Å². The van der Waals surface area contributed by atoms with Gasteiger partial charge in [-0.2, -0.15) is 0 Å². The van der Waals surface area contributed by atoms with Crippen LogP contribution in [0.2, 0.25) is 0 Å². The van der Waals surface area contributed by atoms with Crippen LogP contribution in [0.5, 0.6) is 0 Å². The molecule has 0 saturated carbocycles. The van der Waals surface area contributed by atoms with Gasteiger partial charge in [0.2, 0.25) is 5.91 Å². The number of aryl methyl sites for hydroxylation is 1. The maximum atomic E-state index is 11.9. The summed E-state index contributed by atoms with van der Waals surface area (Å²) in [6, 6.07) is 4.30. The van der Waals surface area contributed by atoms with Crippen molar-refractivity contribution >= 4 is 11.7 Å². The van der Waals surface area contributed by atoms with Gasteiger partial charge in [0.15, 0.2) is 5.82 Å². The van der Waals surface area contributed by atoms with E-state index < -0.39 is 0 Å². The average Bonchev–Trinajstić information content (AvgIpc) is 3.19. The first-order chi connectivity index (χ1) is 13.6. The van der Waals surface area contributed by atoms with E-state index >= 15 is 0 Å². The van der Waals surface area contributed by atoms with Gasteiger partial charge in [0, 0.05) is 62.4 Å². The third-order valence-corrected chi connectivity index (χ3v) is 5.66. The number of carbonyl (C=O) groups is 1. The molecule has 3 heterocycles. The SMILES string of the molecule is CN(C)C(=O)CN1CCC(Nc2nc(-c3ccncc3)nc3c2CCC3)CC1. The number of fused-ring (bicyclic) bond motifs is 1. The van der Waals surface area contributed by atoms with Crippen molar-refractivity contribution in [3.8, 4) is 11.4 Å². The summed E-state index contributed by atoms with van der Waals surface area (Å²) in [4.78, 5) is 29.6. The number of likely N-dealkylation sites (N-methyl/N-ethyl adjacent to an activating group) is 1. The number of amides is 1. The molecule has 7 heteroatoms. The Morgan fingerprint density at radius 1 is 1.18 bits per heavy atom. The molecule has 1 aliphatic heterocycles. The van der Waals surface area contributed by atoms with Crippen LogP contribution in [-0.2, 0) is 17.6 Å². The van der Waals surface area contributed by atoms with Gasteiger partial charge in [0.1, 0.15) is 5.82 Å². The number of aromatic nitrogens is 3. The standard InChI is InChI=1S/C21H28N6O/c1-26(2)19(28)14-27-12-8-16(9-13-27)23-21-17-4-3-5-18(17)24-20(25-21)15-6-10-22-11-7-15/h6-7,10-11,16H,3-5,8-9,12-14H2,1-2H3,(H,23,24,25). The first-order valence-electron chi connectivity index (χ1n) is 10.1. The number of anilines is 1. The van der Waals surface area contributed by atoms with Gasteiger partial charge in [0.05, 0.1) is 6.54 Å². The quantitative estimate of drug-likeness (QED) is 0.855. The predicted octanol–water partition coefficient (Wildman–Crippen LogP) is 1.99. The van der Waals surface area contributed by atoms with Crippen molar-refractivity contribution in [1.29, 1.82) is 0 Å². The van der Waals surface area contributed by atoms with Crippen molar-refractivity contribution in [3.05, 3.63) is 35.8 Å². The van der Waals surface area contributed by atoms with Gasteiger partial charge in [-0.3, -0.25) is 14.7 Å².